The van der Waals surface area contributed by atoms with Crippen molar-refractivity contribution in [2.75, 3.05) is 7.11 Å². The van der Waals surface area contributed by atoms with Gasteiger partial charge in [-0.15, -0.1) is 11.8 Å². The van der Waals surface area contributed by atoms with E-state index in [4.69, 9.17) is 14.2 Å². The van der Waals surface area contributed by atoms with Crippen LogP contribution >= 0.6 is 11.8 Å². The smallest absolute Gasteiger partial charge is 0.327 e. The Balaban J connectivity index is 1.46. The lowest BCUT2D eigenvalue weighted by Crippen LogP contribution is -2.53. The number of esters is 1. The van der Waals surface area contributed by atoms with E-state index in [0.29, 0.717) is 12.8 Å². The van der Waals surface area contributed by atoms with Crippen LogP contribution in [0.5, 0.6) is 11.5 Å². The van der Waals surface area contributed by atoms with E-state index < -0.39 is 16.8 Å². The van der Waals surface area contributed by atoms with Gasteiger partial charge in [0.05, 0.1) is 13.2 Å². The lowest BCUT2D eigenvalue weighted by molar-refractivity contribution is -0.177. The highest BCUT2D eigenvalue weighted by Crippen LogP contribution is 2.46. The third-order valence-electron chi connectivity index (χ3n) is 6.83. The molecule has 2 atom stereocenters. The Morgan fingerprint density at radius 2 is 1.65 bits per heavy atom. The molecule has 1 saturated heterocycles. The average molecular weight is 483 g/mol. The molecular formula is C28H34O5S. The fraction of sp³-hybridized carbons (Fsp3) is 0.500. The number of rotatable bonds is 9. The molecule has 1 saturated carbocycles. The number of ketones is 1. The molecule has 0 spiro atoms. The van der Waals surface area contributed by atoms with E-state index >= 15 is 0 Å². The molecule has 0 aromatic heterocycles. The maximum Gasteiger partial charge on any atom is 0.327 e. The fourth-order valence-corrected chi connectivity index (χ4v) is 6.02. The van der Waals surface area contributed by atoms with Gasteiger partial charge in [-0.05, 0) is 87.4 Å². The van der Waals surface area contributed by atoms with Crippen molar-refractivity contribution in [1.29, 1.82) is 0 Å². The minimum Gasteiger partial charge on any atom is -0.497 e. The van der Waals surface area contributed by atoms with Crippen LogP contribution in [-0.2, 0) is 20.7 Å². The van der Waals surface area contributed by atoms with Crippen molar-refractivity contribution < 1.29 is 23.8 Å². The number of hydrogen-bond acceptors (Lipinski definition) is 6. The first-order chi connectivity index (χ1) is 16.4. The highest BCUT2D eigenvalue weighted by atomic mass is 32.2. The summed E-state index contributed by atoms with van der Waals surface area (Å²) >= 11 is 1.27. The molecule has 1 aliphatic heterocycles. The maximum atomic E-state index is 13.3. The van der Waals surface area contributed by atoms with Crippen LogP contribution in [0.25, 0.3) is 0 Å². The van der Waals surface area contributed by atoms with E-state index in [1.807, 2.05) is 50.2 Å². The molecule has 2 aromatic carbocycles. The van der Waals surface area contributed by atoms with E-state index in [2.05, 4.69) is 12.1 Å². The zero-order valence-electron chi connectivity index (χ0n) is 20.3. The molecule has 1 heterocycles. The van der Waals surface area contributed by atoms with Gasteiger partial charge in [0.15, 0.2) is 11.0 Å². The topological polar surface area (TPSA) is 61.8 Å². The number of cyclic esters (lactones) is 1. The second kappa shape index (κ2) is 10.9. The number of thioether (sulfide) groups is 1. The Labute approximate surface area is 206 Å². The normalized spacial score (nSPS) is 23.2. The summed E-state index contributed by atoms with van der Waals surface area (Å²) in [6.45, 7) is 4.02. The lowest BCUT2D eigenvalue weighted by atomic mass is 9.76. The van der Waals surface area contributed by atoms with Crippen LogP contribution in [-0.4, -0.2) is 35.8 Å². The Morgan fingerprint density at radius 1 is 1.00 bits per heavy atom. The summed E-state index contributed by atoms with van der Waals surface area (Å²) < 4.78 is 17.2. The van der Waals surface area contributed by atoms with Crippen molar-refractivity contribution in [3.05, 3.63) is 54.1 Å². The molecule has 34 heavy (non-hydrogen) atoms. The van der Waals surface area contributed by atoms with Gasteiger partial charge in [-0.1, -0.05) is 25.0 Å². The molecule has 1 aliphatic carbocycles. The van der Waals surface area contributed by atoms with Gasteiger partial charge in [0.2, 0.25) is 0 Å². The SMILES string of the molecule is COc1ccc(SC2C(=O)CC(CCc3ccc(OC(C)C)cc3)(C3CCCC3)OC2=O)cc1. The van der Waals surface area contributed by atoms with Gasteiger partial charge in [-0.25, -0.2) is 0 Å². The van der Waals surface area contributed by atoms with Crippen molar-refractivity contribution in [3.8, 4) is 11.5 Å². The molecule has 2 aromatic rings. The van der Waals surface area contributed by atoms with Crippen LogP contribution < -0.4 is 9.47 Å². The van der Waals surface area contributed by atoms with Crippen LogP contribution in [0, 0.1) is 5.92 Å². The summed E-state index contributed by atoms with van der Waals surface area (Å²) in [4.78, 5) is 27.3. The molecular weight excluding hydrogens is 448 g/mol. The van der Waals surface area contributed by atoms with E-state index in [1.54, 1.807) is 7.11 Å². The summed E-state index contributed by atoms with van der Waals surface area (Å²) in [6, 6.07) is 15.5. The third-order valence-corrected chi connectivity index (χ3v) is 8.06. The van der Waals surface area contributed by atoms with Crippen molar-refractivity contribution in [3.63, 3.8) is 0 Å². The Bertz CT molecular complexity index is 959. The lowest BCUT2D eigenvalue weighted by Gasteiger charge is -2.43. The minimum atomic E-state index is -0.810. The van der Waals surface area contributed by atoms with Crippen LogP contribution in [0.15, 0.2) is 53.4 Å². The third kappa shape index (κ3) is 5.77. The summed E-state index contributed by atoms with van der Waals surface area (Å²) in [7, 11) is 1.61. The van der Waals surface area contributed by atoms with Crippen LogP contribution in [0.3, 0.4) is 0 Å². The summed E-state index contributed by atoms with van der Waals surface area (Å²) in [5.41, 5.74) is 0.459. The van der Waals surface area contributed by atoms with E-state index in [9.17, 15) is 9.59 Å². The summed E-state index contributed by atoms with van der Waals surface area (Å²) in [6.07, 6.45) is 6.14. The van der Waals surface area contributed by atoms with Crippen molar-refractivity contribution in [1.82, 2.24) is 0 Å². The zero-order valence-corrected chi connectivity index (χ0v) is 21.1. The number of aryl methyl sites for hydroxylation is 1. The molecule has 2 unspecified atom stereocenters. The first-order valence-electron chi connectivity index (χ1n) is 12.2. The van der Waals surface area contributed by atoms with Gasteiger partial charge in [0, 0.05) is 11.3 Å². The number of ether oxygens (including phenoxy) is 3. The average Bonchev–Trinajstić information content (AvgIpc) is 3.37. The van der Waals surface area contributed by atoms with E-state index in [0.717, 1.165) is 54.1 Å². The van der Waals surface area contributed by atoms with E-state index in [1.165, 1.54) is 11.8 Å². The number of methoxy groups -OCH3 is 1. The van der Waals surface area contributed by atoms with Gasteiger partial charge >= 0.3 is 5.97 Å². The van der Waals surface area contributed by atoms with Gasteiger partial charge in [0.1, 0.15) is 17.1 Å². The summed E-state index contributed by atoms with van der Waals surface area (Å²) in [5.74, 6) is 1.41. The molecule has 4 rings (SSSR count). The molecule has 0 amide bonds. The minimum absolute atomic E-state index is 0.0235. The first kappa shape index (κ1) is 24.6. The Hall–Kier alpha value is -2.47. The highest BCUT2D eigenvalue weighted by Gasteiger charge is 2.51. The van der Waals surface area contributed by atoms with Crippen molar-refractivity contribution >= 4 is 23.5 Å². The maximum absolute atomic E-state index is 13.3. The van der Waals surface area contributed by atoms with Crippen LogP contribution in [0.2, 0.25) is 0 Å². The van der Waals surface area contributed by atoms with Crippen molar-refractivity contribution in [2.24, 2.45) is 5.92 Å². The van der Waals surface area contributed by atoms with Gasteiger partial charge in [0.25, 0.3) is 0 Å². The standard InChI is InChI=1S/C28H34O5S/c1-19(2)32-23-10-8-20(9-11-23)16-17-28(21-6-4-5-7-21)18-25(29)26(27(30)33-28)34-24-14-12-22(31-3)13-15-24/h8-15,19,21,26H,4-7,16-18H2,1-3H3. The molecule has 2 aliphatic rings. The number of carbonyl (C=O) groups excluding carboxylic acids is 2. The first-order valence-corrected chi connectivity index (χ1v) is 13.1. The predicted octanol–water partition coefficient (Wildman–Crippen LogP) is 6.02. The molecule has 182 valence electrons. The number of benzene rings is 2. The Morgan fingerprint density at radius 3 is 2.24 bits per heavy atom. The monoisotopic (exact) mass is 482 g/mol. The molecule has 6 heteroatoms. The van der Waals surface area contributed by atoms with Crippen LogP contribution in [0.1, 0.15) is 57.9 Å². The van der Waals surface area contributed by atoms with Crippen molar-refractivity contribution in [2.45, 2.75) is 80.6 Å². The van der Waals surface area contributed by atoms with E-state index in [-0.39, 0.29) is 17.8 Å². The zero-order chi connectivity index (χ0) is 24.1. The number of hydrogen-bond donors (Lipinski definition) is 0. The summed E-state index contributed by atoms with van der Waals surface area (Å²) in [5, 5.41) is -0.810. The molecule has 5 nitrogen and oxygen atoms in total. The predicted molar refractivity (Wildman–Crippen MR) is 134 cm³/mol. The number of Topliss-reactive ketones (excluding diaryl/α,β-unsaturated/α-hetero) is 1. The molecule has 0 N–H and O–H groups in total. The second-order valence-corrected chi connectivity index (χ2v) is 10.8. The Kier molecular flexibility index (Phi) is 7.87. The van der Waals surface area contributed by atoms with Gasteiger partial charge in [-0.2, -0.15) is 0 Å². The molecule has 2 fully saturated rings. The van der Waals surface area contributed by atoms with Gasteiger partial charge in [-0.3, -0.25) is 9.59 Å². The second-order valence-electron chi connectivity index (χ2n) is 9.59. The van der Waals surface area contributed by atoms with Crippen LogP contribution in [0.4, 0.5) is 0 Å². The fourth-order valence-electron chi connectivity index (χ4n) is 5.10. The molecule has 0 radical (unpaired) electrons. The van der Waals surface area contributed by atoms with Gasteiger partial charge < -0.3 is 14.2 Å². The largest absolute Gasteiger partial charge is 0.497 e. The highest BCUT2D eigenvalue weighted by molar-refractivity contribution is 8.01. The number of carbonyl (C=O) groups is 2. The quantitative estimate of drug-likeness (QED) is 0.322. The molecule has 0 bridgehead atoms.